The van der Waals surface area contributed by atoms with Gasteiger partial charge < -0.3 is 4.90 Å². The van der Waals surface area contributed by atoms with E-state index in [-0.39, 0.29) is 22.8 Å². The molecule has 5 nitrogen and oxygen atoms in total. The Morgan fingerprint density at radius 3 is 2.61 bits per heavy atom. The van der Waals surface area contributed by atoms with Crippen molar-refractivity contribution in [3.05, 3.63) is 41.6 Å². The van der Waals surface area contributed by atoms with Gasteiger partial charge in [-0.2, -0.15) is 18.4 Å². The third-order valence-corrected chi connectivity index (χ3v) is 2.76. The number of hydrogen-bond acceptors (Lipinski definition) is 4. The second-order valence-electron chi connectivity index (χ2n) is 4.78. The molecular formula is C15H12F3N5. The predicted octanol–water partition coefficient (Wildman–Crippen LogP) is 3.26. The van der Waals surface area contributed by atoms with Crippen molar-refractivity contribution in [1.29, 1.82) is 5.26 Å². The summed E-state index contributed by atoms with van der Waals surface area (Å²) < 4.78 is 39.2. The van der Waals surface area contributed by atoms with Crippen LogP contribution in [0.3, 0.4) is 0 Å². The number of nitrogens with zero attached hydrogens (tertiary/aromatic N) is 5. The van der Waals surface area contributed by atoms with E-state index >= 15 is 0 Å². The molecule has 2 heterocycles. The van der Waals surface area contributed by atoms with Gasteiger partial charge in [0.15, 0.2) is 5.82 Å². The fourth-order valence-electron chi connectivity index (χ4n) is 1.77. The number of rotatable bonds is 3. The Kier molecular flexibility index (Phi) is 4.60. The van der Waals surface area contributed by atoms with Gasteiger partial charge >= 0.3 is 6.18 Å². The van der Waals surface area contributed by atoms with Crippen LogP contribution in [0.25, 0.3) is 11.4 Å². The molecule has 0 aliphatic heterocycles. The largest absolute Gasteiger partial charge is 0.418 e. The Hall–Kier alpha value is -2.95. The molecule has 0 unspecified atom stereocenters. The number of pyridine rings is 2. The molecule has 0 spiro atoms. The Balaban J connectivity index is 2.59. The van der Waals surface area contributed by atoms with Crippen molar-refractivity contribution in [2.75, 3.05) is 14.1 Å². The molecule has 2 aromatic rings. The zero-order valence-corrected chi connectivity index (χ0v) is 12.3. The van der Waals surface area contributed by atoms with E-state index in [4.69, 9.17) is 5.26 Å². The highest BCUT2D eigenvalue weighted by Gasteiger charge is 2.34. The van der Waals surface area contributed by atoms with E-state index in [1.165, 1.54) is 30.7 Å². The van der Waals surface area contributed by atoms with Crippen LogP contribution in [-0.2, 0) is 6.18 Å². The quantitative estimate of drug-likeness (QED) is 0.643. The van der Waals surface area contributed by atoms with Crippen molar-refractivity contribution in [1.82, 2.24) is 14.9 Å². The van der Waals surface area contributed by atoms with E-state index in [1.54, 1.807) is 19.0 Å². The van der Waals surface area contributed by atoms with Crippen molar-refractivity contribution >= 4 is 12.2 Å². The Morgan fingerprint density at radius 1 is 1.26 bits per heavy atom. The molecule has 0 N–H and O–H groups in total. The maximum atomic E-state index is 13.1. The van der Waals surface area contributed by atoms with Gasteiger partial charge in [-0.05, 0) is 24.3 Å². The summed E-state index contributed by atoms with van der Waals surface area (Å²) in [5.74, 6) is 0.0393. The van der Waals surface area contributed by atoms with Gasteiger partial charge in [0.25, 0.3) is 0 Å². The SMILES string of the molecule is CN(C)/C=N/c1nc(-c2ncccc2C(F)(F)F)ccc1C#N. The van der Waals surface area contributed by atoms with Crippen LogP contribution in [0.15, 0.2) is 35.5 Å². The number of hydrogen-bond donors (Lipinski definition) is 0. The van der Waals surface area contributed by atoms with E-state index in [1.807, 2.05) is 6.07 Å². The molecule has 0 bridgehead atoms. The van der Waals surface area contributed by atoms with Crippen LogP contribution >= 0.6 is 0 Å². The minimum Gasteiger partial charge on any atom is -0.369 e. The fourth-order valence-corrected chi connectivity index (χ4v) is 1.77. The molecule has 0 aromatic carbocycles. The van der Waals surface area contributed by atoms with Gasteiger partial charge in [0.05, 0.1) is 23.2 Å². The molecule has 118 valence electrons. The average Bonchev–Trinajstić information content (AvgIpc) is 2.51. The Labute approximate surface area is 130 Å². The molecule has 0 aliphatic rings. The van der Waals surface area contributed by atoms with Crippen LogP contribution < -0.4 is 0 Å². The Bertz CT molecular complexity index is 775. The van der Waals surface area contributed by atoms with E-state index in [0.717, 1.165) is 6.07 Å². The summed E-state index contributed by atoms with van der Waals surface area (Å²) in [5, 5.41) is 9.06. The average molecular weight is 319 g/mol. The standard InChI is InChI=1S/C15H12F3N5/c1-23(2)9-21-14-10(8-19)5-6-12(22-14)13-11(15(16,17)18)4-3-7-20-13/h3-7,9H,1-2H3/b21-9+. The molecule has 23 heavy (non-hydrogen) atoms. The molecule has 0 fully saturated rings. The zero-order chi connectivity index (χ0) is 17.0. The molecular weight excluding hydrogens is 307 g/mol. The summed E-state index contributed by atoms with van der Waals surface area (Å²) in [6, 6.07) is 6.75. The van der Waals surface area contributed by atoms with Gasteiger partial charge in [0.2, 0.25) is 0 Å². The molecule has 0 amide bonds. The van der Waals surface area contributed by atoms with Crippen molar-refractivity contribution < 1.29 is 13.2 Å². The summed E-state index contributed by atoms with van der Waals surface area (Å²) >= 11 is 0. The van der Waals surface area contributed by atoms with Crippen LogP contribution in [0, 0.1) is 11.3 Å². The maximum absolute atomic E-state index is 13.1. The lowest BCUT2D eigenvalue weighted by Crippen LogP contribution is -2.09. The third kappa shape index (κ3) is 3.83. The summed E-state index contributed by atoms with van der Waals surface area (Å²) in [6.45, 7) is 0. The summed E-state index contributed by atoms with van der Waals surface area (Å²) in [7, 11) is 3.44. The minimum absolute atomic E-state index is 0.00262. The van der Waals surface area contributed by atoms with Gasteiger partial charge in [0.1, 0.15) is 11.8 Å². The lowest BCUT2D eigenvalue weighted by Gasteiger charge is -2.11. The van der Waals surface area contributed by atoms with Gasteiger partial charge in [-0.3, -0.25) is 4.98 Å². The Morgan fingerprint density at radius 2 is 2.00 bits per heavy atom. The van der Waals surface area contributed by atoms with Gasteiger partial charge in [-0.1, -0.05) is 0 Å². The van der Waals surface area contributed by atoms with Crippen LogP contribution in [0.2, 0.25) is 0 Å². The van der Waals surface area contributed by atoms with Crippen molar-refractivity contribution in [3.63, 3.8) is 0 Å². The summed E-state index contributed by atoms with van der Waals surface area (Å²) in [4.78, 5) is 13.5. The molecule has 0 radical (unpaired) electrons. The highest BCUT2D eigenvalue weighted by molar-refractivity contribution is 5.67. The van der Waals surface area contributed by atoms with Gasteiger partial charge in [0, 0.05) is 20.3 Å². The second kappa shape index (κ2) is 6.44. The molecule has 2 aromatic heterocycles. The first-order valence-electron chi connectivity index (χ1n) is 6.47. The van der Waals surface area contributed by atoms with Crippen LogP contribution in [-0.4, -0.2) is 35.3 Å². The number of halogens is 3. The minimum atomic E-state index is -4.55. The van der Waals surface area contributed by atoms with Crippen LogP contribution in [0.4, 0.5) is 19.0 Å². The highest BCUT2D eigenvalue weighted by atomic mass is 19.4. The van der Waals surface area contributed by atoms with E-state index < -0.39 is 11.7 Å². The van der Waals surface area contributed by atoms with Crippen molar-refractivity contribution in [2.24, 2.45) is 4.99 Å². The summed E-state index contributed by atoms with van der Waals surface area (Å²) in [6.07, 6.45) is -1.88. The lowest BCUT2D eigenvalue weighted by atomic mass is 10.1. The normalized spacial score (nSPS) is 11.5. The number of nitriles is 1. The molecule has 8 heteroatoms. The first-order chi connectivity index (χ1) is 10.8. The number of aliphatic imine (C=N–C) groups is 1. The molecule has 0 saturated heterocycles. The van der Waals surface area contributed by atoms with E-state index in [2.05, 4.69) is 15.0 Å². The molecule has 2 rings (SSSR count). The smallest absolute Gasteiger partial charge is 0.369 e. The third-order valence-electron chi connectivity index (χ3n) is 2.76. The van der Waals surface area contributed by atoms with E-state index in [9.17, 15) is 13.2 Å². The van der Waals surface area contributed by atoms with Gasteiger partial charge in [-0.15, -0.1) is 0 Å². The topological polar surface area (TPSA) is 65.2 Å². The molecule has 0 atom stereocenters. The molecule has 0 aliphatic carbocycles. The highest BCUT2D eigenvalue weighted by Crippen LogP contribution is 2.35. The van der Waals surface area contributed by atoms with Crippen molar-refractivity contribution in [3.8, 4) is 17.5 Å². The second-order valence-corrected chi connectivity index (χ2v) is 4.78. The molecule has 0 saturated carbocycles. The van der Waals surface area contributed by atoms with Crippen LogP contribution in [0.1, 0.15) is 11.1 Å². The zero-order valence-electron chi connectivity index (χ0n) is 12.3. The maximum Gasteiger partial charge on any atom is 0.418 e. The monoisotopic (exact) mass is 319 g/mol. The van der Waals surface area contributed by atoms with Crippen LogP contribution in [0.5, 0.6) is 0 Å². The van der Waals surface area contributed by atoms with Gasteiger partial charge in [-0.25, -0.2) is 9.98 Å². The van der Waals surface area contributed by atoms with Crippen molar-refractivity contribution in [2.45, 2.75) is 6.18 Å². The lowest BCUT2D eigenvalue weighted by molar-refractivity contribution is -0.137. The first kappa shape index (κ1) is 16.4. The first-order valence-corrected chi connectivity index (χ1v) is 6.47. The summed E-state index contributed by atoms with van der Waals surface area (Å²) in [5.41, 5.74) is -1.02. The number of aromatic nitrogens is 2. The number of alkyl halides is 3. The van der Waals surface area contributed by atoms with E-state index in [0.29, 0.717) is 0 Å². The fraction of sp³-hybridized carbons (Fsp3) is 0.200. The predicted molar refractivity (Wildman–Crippen MR) is 79.0 cm³/mol.